The molecule has 0 aliphatic heterocycles. The van der Waals surface area contributed by atoms with Crippen molar-refractivity contribution in [3.8, 4) is 16.9 Å². The van der Waals surface area contributed by atoms with E-state index < -0.39 is 51.3 Å². The summed E-state index contributed by atoms with van der Waals surface area (Å²) in [4.78, 5) is 0. The topological polar surface area (TPSA) is 9.23 Å². The number of rotatable bonds is 4. The molecule has 30 heavy (non-hydrogen) atoms. The molecular weight excluding hydrogens is 502 g/mol. The monoisotopic (exact) mass is 511 g/mol. The van der Waals surface area contributed by atoms with Crippen molar-refractivity contribution in [2.45, 2.75) is 37.7 Å². The number of para-hydroxylation sites is 1. The first-order valence-electron chi connectivity index (χ1n) is 7.95. The van der Waals surface area contributed by atoms with E-state index in [9.17, 15) is 43.9 Å². The molecule has 2 rings (SSSR count). The number of ether oxygens (including phenoxy) is 1. The van der Waals surface area contributed by atoms with E-state index in [0.29, 0.717) is 6.07 Å². The standard InChI is InChI=1S/C18H10BrF10O/c1-2-9-7-11(15(20,16(21,22)23)17(24,25)26)14(12(19)8-9)10-5-3-4-6-13(10)30-18(27,28)29/h3-7H,2H2,1H3. The second-order valence-corrected chi connectivity index (χ2v) is 6.74. The summed E-state index contributed by atoms with van der Waals surface area (Å²) in [6, 6.07) is 6.20. The van der Waals surface area contributed by atoms with Crippen molar-refractivity contribution in [2.75, 3.05) is 0 Å². The molecule has 1 nitrogen and oxygen atoms in total. The third kappa shape index (κ3) is 4.52. The van der Waals surface area contributed by atoms with Crippen LogP contribution in [0, 0.1) is 6.07 Å². The van der Waals surface area contributed by atoms with Crippen LogP contribution in [-0.4, -0.2) is 18.7 Å². The SMILES string of the molecule is CCc1[c]c(Br)c(-c2ccccc2OC(F)(F)F)c(C(F)(C(F)(F)F)C(F)(F)F)c1. The molecule has 0 amide bonds. The predicted molar refractivity (Wildman–Crippen MR) is 89.4 cm³/mol. The Morgan fingerprint density at radius 1 is 0.900 bits per heavy atom. The van der Waals surface area contributed by atoms with Crippen molar-refractivity contribution in [2.24, 2.45) is 0 Å². The molecule has 0 bridgehead atoms. The van der Waals surface area contributed by atoms with Crippen molar-refractivity contribution >= 4 is 15.9 Å². The fraction of sp³-hybridized carbons (Fsp3) is 0.333. The first kappa shape index (κ1) is 24.3. The van der Waals surface area contributed by atoms with Gasteiger partial charge in [0.25, 0.3) is 0 Å². The van der Waals surface area contributed by atoms with E-state index in [4.69, 9.17) is 0 Å². The smallest absolute Gasteiger partial charge is 0.405 e. The van der Waals surface area contributed by atoms with Gasteiger partial charge < -0.3 is 4.74 Å². The van der Waals surface area contributed by atoms with Gasteiger partial charge in [-0.25, -0.2) is 4.39 Å². The zero-order valence-electron chi connectivity index (χ0n) is 14.7. The molecule has 0 aromatic heterocycles. The van der Waals surface area contributed by atoms with E-state index in [1.165, 1.54) is 6.92 Å². The van der Waals surface area contributed by atoms with E-state index in [1.807, 2.05) is 0 Å². The zero-order chi connectivity index (χ0) is 23.1. The molecule has 12 heteroatoms. The summed E-state index contributed by atoms with van der Waals surface area (Å²) in [5, 5.41) is 0. The first-order valence-corrected chi connectivity index (χ1v) is 8.75. The molecule has 0 aliphatic rings. The minimum absolute atomic E-state index is 0.127. The maximum absolute atomic E-state index is 14.9. The Labute approximate surface area is 171 Å². The molecule has 0 spiro atoms. The van der Waals surface area contributed by atoms with Crippen molar-refractivity contribution in [3.63, 3.8) is 0 Å². The number of halogens is 11. The summed E-state index contributed by atoms with van der Waals surface area (Å²) in [5.74, 6) is -1.11. The second kappa shape index (κ2) is 7.93. The van der Waals surface area contributed by atoms with Gasteiger partial charge in [0.1, 0.15) is 5.75 Å². The van der Waals surface area contributed by atoms with Crippen LogP contribution < -0.4 is 4.74 Å². The summed E-state index contributed by atoms with van der Waals surface area (Å²) >= 11 is 2.72. The summed E-state index contributed by atoms with van der Waals surface area (Å²) in [5.41, 5.74) is -9.99. The van der Waals surface area contributed by atoms with Gasteiger partial charge in [-0.1, -0.05) is 31.2 Å². The number of alkyl halides is 10. The molecule has 0 atom stereocenters. The van der Waals surface area contributed by atoms with Gasteiger partial charge in [0, 0.05) is 27.2 Å². The number of hydrogen-bond acceptors (Lipinski definition) is 1. The lowest BCUT2D eigenvalue weighted by Crippen LogP contribution is -2.50. The lowest BCUT2D eigenvalue weighted by Gasteiger charge is -2.33. The summed E-state index contributed by atoms with van der Waals surface area (Å²) < 4.78 is 136. The van der Waals surface area contributed by atoms with Gasteiger partial charge in [0.2, 0.25) is 0 Å². The lowest BCUT2D eigenvalue weighted by atomic mass is 9.85. The molecule has 165 valence electrons. The second-order valence-electron chi connectivity index (χ2n) is 5.95. The average molecular weight is 512 g/mol. The third-order valence-electron chi connectivity index (χ3n) is 3.99. The van der Waals surface area contributed by atoms with Crippen molar-refractivity contribution in [3.05, 3.63) is 52.0 Å². The number of benzene rings is 2. The summed E-state index contributed by atoms with van der Waals surface area (Å²) in [6.07, 6.45) is -18.4. The Hall–Kier alpha value is -1.98. The van der Waals surface area contributed by atoms with Gasteiger partial charge in [0.15, 0.2) is 0 Å². The fourth-order valence-corrected chi connectivity index (χ4v) is 3.36. The average Bonchev–Trinajstić information content (AvgIpc) is 2.57. The van der Waals surface area contributed by atoms with Gasteiger partial charge in [-0.3, -0.25) is 0 Å². The Morgan fingerprint density at radius 3 is 1.90 bits per heavy atom. The van der Waals surface area contributed by atoms with Gasteiger partial charge in [-0.2, -0.15) is 26.3 Å². The predicted octanol–water partition coefficient (Wildman–Crippen LogP) is 7.67. The number of hydrogen-bond donors (Lipinski definition) is 0. The van der Waals surface area contributed by atoms with Gasteiger partial charge in [-0.15, -0.1) is 13.2 Å². The van der Waals surface area contributed by atoms with Crippen LogP contribution in [0.5, 0.6) is 5.75 Å². The van der Waals surface area contributed by atoms with Crippen LogP contribution in [0.1, 0.15) is 18.1 Å². The van der Waals surface area contributed by atoms with Crippen molar-refractivity contribution in [1.82, 2.24) is 0 Å². The van der Waals surface area contributed by atoms with E-state index in [-0.39, 0.29) is 18.1 Å². The summed E-state index contributed by atoms with van der Waals surface area (Å²) in [7, 11) is 0. The van der Waals surface area contributed by atoms with Crippen LogP contribution >= 0.6 is 15.9 Å². The fourth-order valence-electron chi connectivity index (χ4n) is 2.68. The maximum atomic E-state index is 14.9. The minimum Gasteiger partial charge on any atom is -0.405 e. The van der Waals surface area contributed by atoms with Gasteiger partial charge >= 0.3 is 24.4 Å². The molecule has 0 saturated heterocycles. The van der Waals surface area contributed by atoms with Crippen LogP contribution in [0.25, 0.3) is 11.1 Å². The Bertz CT molecular complexity index is 901. The molecule has 2 aromatic carbocycles. The molecular formula is C18H10BrF10O. The van der Waals surface area contributed by atoms with E-state index in [2.05, 4.69) is 26.7 Å². The Morgan fingerprint density at radius 2 is 1.43 bits per heavy atom. The highest BCUT2D eigenvalue weighted by atomic mass is 79.9. The highest BCUT2D eigenvalue weighted by Crippen LogP contribution is 2.57. The third-order valence-corrected chi connectivity index (χ3v) is 4.59. The van der Waals surface area contributed by atoms with Gasteiger partial charge in [-0.05, 0) is 34.0 Å². The maximum Gasteiger partial charge on any atom is 0.573 e. The highest BCUT2D eigenvalue weighted by Gasteiger charge is 2.74. The number of aryl methyl sites for hydroxylation is 1. The lowest BCUT2D eigenvalue weighted by molar-refractivity contribution is -0.348. The molecule has 1 radical (unpaired) electrons. The minimum atomic E-state index is -6.47. The molecule has 0 fully saturated rings. The molecule has 0 saturated carbocycles. The van der Waals surface area contributed by atoms with Crippen LogP contribution in [0.4, 0.5) is 43.9 Å². The Balaban J connectivity index is 2.98. The van der Waals surface area contributed by atoms with Crippen LogP contribution in [-0.2, 0) is 12.1 Å². The van der Waals surface area contributed by atoms with E-state index in [0.717, 1.165) is 18.2 Å². The van der Waals surface area contributed by atoms with Crippen LogP contribution in [0.15, 0.2) is 34.8 Å². The first-order chi connectivity index (χ1) is 13.5. The van der Waals surface area contributed by atoms with Gasteiger partial charge in [0.05, 0.1) is 0 Å². The van der Waals surface area contributed by atoms with Crippen molar-refractivity contribution < 1.29 is 48.6 Å². The van der Waals surface area contributed by atoms with Crippen LogP contribution in [0.2, 0.25) is 0 Å². The summed E-state index contributed by atoms with van der Waals surface area (Å²) in [6.45, 7) is 1.36. The highest BCUT2D eigenvalue weighted by molar-refractivity contribution is 9.10. The largest absolute Gasteiger partial charge is 0.573 e. The molecule has 0 heterocycles. The zero-order valence-corrected chi connectivity index (χ0v) is 16.2. The molecule has 0 aliphatic carbocycles. The quantitative estimate of drug-likeness (QED) is 0.383. The molecule has 2 aromatic rings. The van der Waals surface area contributed by atoms with Crippen molar-refractivity contribution in [1.29, 1.82) is 0 Å². The van der Waals surface area contributed by atoms with E-state index in [1.54, 1.807) is 0 Å². The Kier molecular flexibility index (Phi) is 6.42. The molecule has 0 N–H and O–H groups in total. The van der Waals surface area contributed by atoms with E-state index >= 15 is 0 Å². The van der Waals surface area contributed by atoms with Crippen LogP contribution in [0.3, 0.4) is 0 Å². The molecule has 0 unspecified atom stereocenters. The normalized spacial score (nSPS) is 13.5.